The second-order valence-corrected chi connectivity index (χ2v) is 8.08. The molecule has 2 rings (SSSR count). The summed E-state index contributed by atoms with van der Waals surface area (Å²) in [6.45, 7) is 0. The maximum absolute atomic E-state index is 11.2. The third-order valence-electron chi connectivity index (χ3n) is 3.02. The number of halogens is 4. The summed E-state index contributed by atoms with van der Waals surface area (Å²) in [5, 5.41) is 18.3. The van der Waals surface area contributed by atoms with E-state index in [2.05, 4.69) is 63.7 Å². The second kappa shape index (κ2) is 7.95. The highest BCUT2D eigenvalue weighted by atomic mass is 79.9. The molecule has 4 nitrogen and oxygen atoms in total. The molecule has 0 aliphatic rings. The highest BCUT2D eigenvalue weighted by molar-refractivity contribution is 9.11. The van der Waals surface area contributed by atoms with Crippen LogP contribution in [-0.2, 0) is 0 Å². The van der Waals surface area contributed by atoms with E-state index in [0.717, 1.165) is 11.1 Å². The molecule has 0 aromatic heterocycles. The molecule has 0 saturated carbocycles. The van der Waals surface area contributed by atoms with Crippen LogP contribution in [-0.4, -0.2) is 22.2 Å². The predicted octanol–water partition coefficient (Wildman–Crippen LogP) is 6.30. The lowest BCUT2D eigenvalue weighted by Crippen LogP contribution is -2.00. The molecule has 8 heteroatoms. The minimum Gasteiger partial charge on any atom is -0.478 e. The largest absolute Gasteiger partial charge is 0.478 e. The number of carbonyl (C=O) groups is 2. The summed E-state index contributed by atoms with van der Waals surface area (Å²) in [5.74, 6) is -2.05. The van der Waals surface area contributed by atoms with Crippen LogP contribution < -0.4 is 0 Å². The first-order chi connectivity index (χ1) is 11.2. The van der Waals surface area contributed by atoms with Gasteiger partial charge in [-0.25, -0.2) is 9.59 Å². The topological polar surface area (TPSA) is 74.6 Å². The van der Waals surface area contributed by atoms with Crippen LogP contribution in [0.1, 0.15) is 31.8 Å². The Balaban J connectivity index is 2.39. The van der Waals surface area contributed by atoms with Crippen molar-refractivity contribution in [2.24, 2.45) is 0 Å². The molecule has 0 unspecified atom stereocenters. The van der Waals surface area contributed by atoms with Gasteiger partial charge in [-0.15, -0.1) is 0 Å². The average molecular weight is 584 g/mol. The molecule has 124 valence electrons. The van der Waals surface area contributed by atoms with Crippen LogP contribution in [0.3, 0.4) is 0 Å². The minimum absolute atomic E-state index is 0.156. The number of benzene rings is 2. The van der Waals surface area contributed by atoms with E-state index in [0.29, 0.717) is 17.9 Å². The summed E-state index contributed by atoms with van der Waals surface area (Å²) in [7, 11) is 0. The number of aromatic carboxylic acids is 2. The Morgan fingerprint density at radius 1 is 0.667 bits per heavy atom. The number of carboxylic acids is 2. The summed E-state index contributed by atoms with van der Waals surface area (Å²) < 4.78 is 1.86. The van der Waals surface area contributed by atoms with E-state index in [1.54, 1.807) is 36.4 Å². The molecule has 0 radical (unpaired) electrons. The van der Waals surface area contributed by atoms with Gasteiger partial charge in [-0.3, -0.25) is 0 Å². The molecule has 0 fully saturated rings. The second-order valence-electron chi connectivity index (χ2n) is 4.66. The highest BCUT2D eigenvalue weighted by Crippen LogP contribution is 2.30. The van der Waals surface area contributed by atoms with E-state index in [1.165, 1.54) is 0 Å². The van der Waals surface area contributed by atoms with Crippen molar-refractivity contribution in [1.82, 2.24) is 0 Å². The Morgan fingerprint density at radius 3 is 1.12 bits per heavy atom. The monoisotopic (exact) mass is 580 g/mol. The third-order valence-corrected chi connectivity index (χ3v) is 5.53. The van der Waals surface area contributed by atoms with E-state index in [9.17, 15) is 9.59 Å². The van der Waals surface area contributed by atoms with Crippen molar-refractivity contribution in [3.63, 3.8) is 0 Å². The molecule has 0 amide bonds. The lowest BCUT2D eigenvalue weighted by atomic mass is 10.1. The van der Waals surface area contributed by atoms with Crippen molar-refractivity contribution in [3.05, 3.63) is 64.4 Å². The van der Waals surface area contributed by atoms with Gasteiger partial charge in [0.2, 0.25) is 0 Å². The van der Waals surface area contributed by atoms with Gasteiger partial charge in [-0.1, -0.05) is 12.2 Å². The molecule has 0 heterocycles. The fourth-order valence-electron chi connectivity index (χ4n) is 1.98. The first-order valence-corrected chi connectivity index (χ1v) is 9.50. The Kier molecular flexibility index (Phi) is 6.41. The molecule has 0 bridgehead atoms. The molecular weight excluding hydrogens is 576 g/mol. The van der Waals surface area contributed by atoms with Crippen molar-refractivity contribution in [2.45, 2.75) is 0 Å². The zero-order valence-electron chi connectivity index (χ0n) is 11.7. The number of carboxylic acid groups (broad SMARTS) is 2. The summed E-state index contributed by atoms with van der Waals surface area (Å²) in [6.07, 6.45) is 3.60. The van der Waals surface area contributed by atoms with Crippen LogP contribution in [0.4, 0.5) is 0 Å². The molecule has 0 aliphatic carbocycles. The Morgan fingerprint density at radius 2 is 0.917 bits per heavy atom. The van der Waals surface area contributed by atoms with Gasteiger partial charge in [-0.2, -0.15) is 0 Å². The standard InChI is InChI=1S/C16H8Br4O4/c17-9-3-7(4-10(18)13(9)15(21)22)1-2-8-5-11(19)14(16(23)24)12(20)6-8/h1-6H,(H,21,22)(H,23,24). The van der Waals surface area contributed by atoms with Crippen LogP contribution in [0.25, 0.3) is 12.2 Å². The maximum Gasteiger partial charge on any atom is 0.337 e. The normalized spacial score (nSPS) is 11.0. The van der Waals surface area contributed by atoms with E-state index < -0.39 is 11.9 Å². The number of hydrogen-bond acceptors (Lipinski definition) is 2. The van der Waals surface area contributed by atoms with E-state index >= 15 is 0 Å². The van der Waals surface area contributed by atoms with Crippen LogP contribution in [0.15, 0.2) is 42.2 Å². The van der Waals surface area contributed by atoms with Crippen molar-refractivity contribution < 1.29 is 19.8 Å². The summed E-state index contributed by atoms with van der Waals surface area (Å²) >= 11 is 13.0. The van der Waals surface area contributed by atoms with Gasteiger partial charge in [0, 0.05) is 17.9 Å². The summed E-state index contributed by atoms with van der Waals surface area (Å²) in [6, 6.07) is 6.78. The zero-order chi connectivity index (χ0) is 18.0. The average Bonchev–Trinajstić information content (AvgIpc) is 2.42. The van der Waals surface area contributed by atoms with E-state index in [1.807, 2.05) is 0 Å². The van der Waals surface area contributed by atoms with E-state index in [-0.39, 0.29) is 11.1 Å². The van der Waals surface area contributed by atoms with Gasteiger partial charge < -0.3 is 10.2 Å². The maximum atomic E-state index is 11.2. The predicted molar refractivity (Wildman–Crippen MR) is 107 cm³/mol. The quantitative estimate of drug-likeness (QED) is 0.414. The zero-order valence-corrected chi connectivity index (χ0v) is 18.0. The van der Waals surface area contributed by atoms with Crippen molar-refractivity contribution in [1.29, 1.82) is 0 Å². The Labute approximate surface area is 171 Å². The van der Waals surface area contributed by atoms with Crippen molar-refractivity contribution in [3.8, 4) is 0 Å². The number of rotatable bonds is 4. The lowest BCUT2D eigenvalue weighted by Gasteiger charge is -2.06. The van der Waals surface area contributed by atoms with E-state index in [4.69, 9.17) is 10.2 Å². The highest BCUT2D eigenvalue weighted by Gasteiger charge is 2.14. The smallest absolute Gasteiger partial charge is 0.337 e. The molecule has 0 saturated heterocycles. The Hall–Kier alpha value is -0.960. The number of hydrogen-bond donors (Lipinski definition) is 2. The van der Waals surface area contributed by atoms with Crippen LogP contribution in [0.5, 0.6) is 0 Å². The fraction of sp³-hybridized carbons (Fsp3) is 0. The van der Waals surface area contributed by atoms with Gasteiger partial charge >= 0.3 is 11.9 Å². The molecule has 2 N–H and O–H groups in total. The molecule has 2 aromatic rings. The first-order valence-electron chi connectivity index (χ1n) is 6.33. The molecule has 24 heavy (non-hydrogen) atoms. The first kappa shape index (κ1) is 19.4. The van der Waals surface area contributed by atoms with Gasteiger partial charge in [0.15, 0.2) is 0 Å². The van der Waals surface area contributed by atoms with Crippen molar-refractivity contribution in [2.75, 3.05) is 0 Å². The van der Waals surface area contributed by atoms with Crippen molar-refractivity contribution >= 4 is 87.8 Å². The fourth-order valence-corrected chi connectivity index (χ4v) is 5.10. The van der Waals surface area contributed by atoms with Crippen LogP contribution >= 0.6 is 63.7 Å². The SMILES string of the molecule is O=C(O)c1c(Br)cc(C=Cc2cc(Br)c(C(=O)O)c(Br)c2)cc1Br. The van der Waals surface area contributed by atoms with Gasteiger partial charge in [0.1, 0.15) is 0 Å². The molecular formula is C16H8Br4O4. The molecule has 2 aromatic carbocycles. The van der Waals surface area contributed by atoms with Crippen LogP contribution in [0, 0.1) is 0 Å². The molecule has 0 spiro atoms. The third kappa shape index (κ3) is 4.36. The van der Waals surface area contributed by atoms with Gasteiger partial charge in [-0.05, 0) is 99.1 Å². The van der Waals surface area contributed by atoms with Gasteiger partial charge in [0.05, 0.1) is 11.1 Å². The Bertz CT molecular complexity index is 757. The minimum atomic E-state index is -1.03. The lowest BCUT2D eigenvalue weighted by molar-refractivity contribution is 0.0684. The molecule has 0 aliphatic heterocycles. The summed E-state index contributed by atoms with van der Waals surface area (Å²) in [4.78, 5) is 22.3. The summed E-state index contributed by atoms with van der Waals surface area (Å²) in [5.41, 5.74) is 1.88. The van der Waals surface area contributed by atoms with Crippen LogP contribution in [0.2, 0.25) is 0 Å². The molecule has 0 atom stereocenters. The van der Waals surface area contributed by atoms with Gasteiger partial charge in [0.25, 0.3) is 0 Å².